The highest BCUT2D eigenvalue weighted by Gasteiger charge is 2.58. The first-order chi connectivity index (χ1) is 14.9. The Kier molecular flexibility index (Phi) is 4.90. The van der Waals surface area contributed by atoms with Gasteiger partial charge in [0.2, 0.25) is 0 Å². The van der Waals surface area contributed by atoms with Crippen LogP contribution in [-0.4, -0.2) is 56.9 Å². The Morgan fingerprint density at radius 1 is 1.16 bits per heavy atom. The fraction of sp³-hybridized carbons (Fsp3) is 0.409. The molecular weight excluding hydrogens is 424 g/mol. The summed E-state index contributed by atoms with van der Waals surface area (Å²) in [5, 5.41) is 1.71. The number of piperidine rings is 1. The molecule has 1 spiro atoms. The van der Waals surface area contributed by atoms with Crippen molar-refractivity contribution in [1.29, 1.82) is 0 Å². The Labute approximate surface area is 182 Å². The molecule has 2 aromatic rings. The number of aromatic nitrogens is 1. The van der Waals surface area contributed by atoms with Gasteiger partial charge in [0, 0.05) is 37.4 Å². The van der Waals surface area contributed by atoms with E-state index in [2.05, 4.69) is 11.0 Å². The molecule has 0 aliphatic carbocycles. The highest BCUT2D eigenvalue weighted by molar-refractivity contribution is 7.03. The van der Waals surface area contributed by atoms with Crippen molar-refractivity contribution in [1.82, 2.24) is 14.2 Å². The fourth-order valence-corrected chi connectivity index (χ4v) is 5.39. The van der Waals surface area contributed by atoms with Crippen LogP contribution in [0.5, 0.6) is 0 Å². The van der Waals surface area contributed by atoms with Crippen LogP contribution in [0.3, 0.4) is 0 Å². The molecule has 0 radical (unpaired) electrons. The Morgan fingerprint density at radius 3 is 2.52 bits per heavy atom. The van der Waals surface area contributed by atoms with Gasteiger partial charge in [-0.05, 0) is 47.6 Å². The Bertz CT molecular complexity index is 1030. The van der Waals surface area contributed by atoms with E-state index >= 15 is 0 Å². The van der Waals surface area contributed by atoms with Gasteiger partial charge in [-0.15, -0.1) is 0 Å². The van der Waals surface area contributed by atoms with Crippen LogP contribution in [0.4, 0.5) is 8.78 Å². The van der Waals surface area contributed by atoms with Crippen LogP contribution in [0.25, 0.3) is 5.57 Å². The van der Waals surface area contributed by atoms with Gasteiger partial charge in [0.05, 0.1) is 17.8 Å². The third-order valence-corrected chi connectivity index (χ3v) is 7.08. The zero-order valence-corrected chi connectivity index (χ0v) is 17.5. The molecule has 5 rings (SSSR count). The summed E-state index contributed by atoms with van der Waals surface area (Å²) < 4.78 is 37.6. The van der Waals surface area contributed by atoms with E-state index in [1.54, 1.807) is 21.4 Å². The summed E-state index contributed by atoms with van der Waals surface area (Å²) >= 11 is 1.23. The quantitative estimate of drug-likeness (QED) is 0.726. The number of nitrogens with zero attached hydrogens (tertiary/aromatic N) is 3. The summed E-state index contributed by atoms with van der Waals surface area (Å²) in [5.74, 6) is -1.57. The lowest BCUT2D eigenvalue weighted by Crippen LogP contribution is -2.52. The van der Waals surface area contributed by atoms with Crippen molar-refractivity contribution in [3.8, 4) is 0 Å². The molecule has 9 heteroatoms. The molecule has 2 atom stereocenters. The molecule has 4 heterocycles. The predicted octanol–water partition coefficient (Wildman–Crippen LogP) is 3.46. The molecule has 31 heavy (non-hydrogen) atoms. The molecule has 3 aliphatic heterocycles. The molecule has 3 aliphatic rings. The molecule has 0 saturated carbocycles. The third-order valence-electron chi connectivity index (χ3n) is 6.49. The van der Waals surface area contributed by atoms with E-state index in [0.29, 0.717) is 55.5 Å². The van der Waals surface area contributed by atoms with Crippen molar-refractivity contribution in [2.45, 2.75) is 43.6 Å². The number of hydrogen-bond donors (Lipinski definition) is 0. The Hall–Kier alpha value is -2.65. The van der Waals surface area contributed by atoms with E-state index in [9.17, 15) is 18.4 Å². The molecular formula is C22H21F2N3O3S. The molecule has 2 amide bonds. The van der Waals surface area contributed by atoms with E-state index in [1.165, 1.54) is 23.7 Å². The van der Waals surface area contributed by atoms with Gasteiger partial charge >= 0.3 is 0 Å². The van der Waals surface area contributed by atoms with Crippen LogP contribution in [-0.2, 0) is 9.53 Å². The number of carbonyl (C=O) groups excluding carboxylic acids is 2. The first kappa shape index (κ1) is 20.3. The Balaban J connectivity index is 1.31. The zero-order valence-electron chi connectivity index (χ0n) is 16.7. The van der Waals surface area contributed by atoms with Crippen LogP contribution in [0.15, 0.2) is 36.4 Å². The smallest absolute Gasteiger partial charge is 0.257 e. The maximum atomic E-state index is 13.7. The minimum Gasteiger partial charge on any atom is -0.342 e. The van der Waals surface area contributed by atoms with E-state index in [1.807, 2.05) is 0 Å². The lowest BCUT2D eigenvalue weighted by atomic mass is 9.89. The summed E-state index contributed by atoms with van der Waals surface area (Å²) in [4.78, 5) is 29.4. The van der Waals surface area contributed by atoms with Crippen molar-refractivity contribution < 1.29 is 23.1 Å². The summed E-state index contributed by atoms with van der Waals surface area (Å²) in [7, 11) is 0. The van der Waals surface area contributed by atoms with Crippen molar-refractivity contribution in [3.05, 3.63) is 59.1 Å². The van der Waals surface area contributed by atoms with E-state index in [-0.39, 0.29) is 24.1 Å². The predicted molar refractivity (Wildman–Crippen MR) is 110 cm³/mol. The van der Waals surface area contributed by atoms with E-state index in [4.69, 9.17) is 4.74 Å². The van der Waals surface area contributed by atoms with Gasteiger partial charge in [-0.2, -0.15) is 0 Å². The maximum Gasteiger partial charge on any atom is 0.257 e. The van der Waals surface area contributed by atoms with Crippen LogP contribution in [0.2, 0.25) is 0 Å². The lowest BCUT2D eigenvalue weighted by molar-refractivity contribution is -0.142. The molecule has 1 unspecified atom stereocenters. The first-order valence-electron chi connectivity index (χ1n) is 10.2. The second-order valence-electron chi connectivity index (χ2n) is 8.26. The second kappa shape index (κ2) is 7.49. The van der Waals surface area contributed by atoms with E-state index < -0.39 is 17.2 Å². The summed E-state index contributed by atoms with van der Waals surface area (Å²) in [6.45, 7) is 4.88. The summed E-state index contributed by atoms with van der Waals surface area (Å²) in [6.07, 6.45) is 3.26. The van der Waals surface area contributed by atoms with Gasteiger partial charge in [-0.25, -0.2) is 13.2 Å². The monoisotopic (exact) mass is 445 g/mol. The number of benzene rings is 1. The SMILES string of the molecule is C=C(c1cc(F)cc(F)c1)C1CC[C@H]2OC3(CCN(C(=O)c4cnsc4)CC3)C(=O)N12. The van der Waals surface area contributed by atoms with Crippen LogP contribution in [0.1, 0.15) is 41.6 Å². The minimum atomic E-state index is -0.958. The van der Waals surface area contributed by atoms with Crippen LogP contribution in [0, 0.1) is 11.6 Å². The minimum absolute atomic E-state index is 0.0890. The number of halogens is 2. The summed E-state index contributed by atoms with van der Waals surface area (Å²) in [5.41, 5.74) is 0.452. The van der Waals surface area contributed by atoms with Crippen molar-refractivity contribution >= 4 is 28.9 Å². The first-order valence-corrected chi connectivity index (χ1v) is 11.1. The normalized spacial score (nSPS) is 24.6. The average molecular weight is 445 g/mol. The number of amides is 2. The van der Waals surface area contributed by atoms with Gasteiger partial charge in [0.25, 0.3) is 11.8 Å². The van der Waals surface area contributed by atoms with Gasteiger partial charge in [-0.1, -0.05) is 6.58 Å². The highest BCUT2D eigenvalue weighted by Crippen LogP contribution is 2.45. The number of rotatable bonds is 3. The fourth-order valence-electron chi connectivity index (χ4n) is 4.88. The molecule has 3 fully saturated rings. The molecule has 0 N–H and O–H groups in total. The molecule has 0 bridgehead atoms. The number of hydrogen-bond acceptors (Lipinski definition) is 5. The Morgan fingerprint density at radius 2 is 1.87 bits per heavy atom. The van der Waals surface area contributed by atoms with Crippen LogP contribution >= 0.6 is 11.5 Å². The van der Waals surface area contributed by atoms with Gasteiger partial charge in [0.1, 0.15) is 17.9 Å². The van der Waals surface area contributed by atoms with Crippen molar-refractivity contribution in [2.24, 2.45) is 0 Å². The number of carbonyl (C=O) groups is 2. The third kappa shape index (κ3) is 3.36. The number of ether oxygens (including phenoxy) is 1. The van der Waals surface area contributed by atoms with Crippen molar-refractivity contribution in [2.75, 3.05) is 13.1 Å². The number of fused-ring (bicyclic) bond motifs is 1. The van der Waals surface area contributed by atoms with Gasteiger partial charge < -0.3 is 14.5 Å². The molecule has 3 saturated heterocycles. The van der Waals surface area contributed by atoms with E-state index in [0.717, 1.165) is 6.07 Å². The number of likely N-dealkylation sites (tertiary alicyclic amines) is 1. The topological polar surface area (TPSA) is 62.7 Å². The zero-order chi connectivity index (χ0) is 21.8. The molecule has 162 valence electrons. The summed E-state index contributed by atoms with van der Waals surface area (Å²) in [6, 6.07) is 2.92. The standard InChI is InChI=1S/C22H21F2N3O3S/c1-13(14-8-16(23)10-17(24)9-14)18-2-3-19-27(18)21(29)22(30-19)4-6-26(7-5-22)20(28)15-11-25-31-12-15/h8-12,18-19H,1-7H2/t18?,19-/m1/s1. The van der Waals surface area contributed by atoms with Gasteiger partial charge in [0.15, 0.2) is 5.60 Å². The average Bonchev–Trinajstić information content (AvgIpc) is 3.46. The lowest BCUT2D eigenvalue weighted by Gasteiger charge is -2.37. The second-order valence-corrected chi connectivity index (χ2v) is 8.92. The van der Waals surface area contributed by atoms with Crippen molar-refractivity contribution in [3.63, 3.8) is 0 Å². The molecule has 1 aromatic carbocycles. The van der Waals surface area contributed by atoms with Gasteiger partial charge in [-0.3, -0.25) is 9.59 Å². The molecule has 1 aromatic heterocycles. The largest absolute Gasteiger partial charge is 0.342 e. The highest BCUT2D eigenvalue weighted by atomic mass is 32.1. The molecule has 6 nitrogen and oxygen atoms in total. The maximum absolute atomic E-state index is 13.7. The van der Waals surface area contributed by atoms with Crippen LogP contribution < -0.4 is 0 Å².